The maximum Gasteiger partial charge on any atom is 0.227 e. The van der Waals surface area contributed by atoms with Crippen LogP contribution in [0.5, 0.6) is 0 Å². The molecule has 0 atom stereocenters. The molecular weight excluding hydrogens is 340 g/mol. The monoisotopic (exact) mass is 366 g/mol. The minimum absolute atomic E-state index is 0.167. The van der Waals surface area contributed by atoms with Gasteiger partial charge in [0.25, 0.3) is 0 Å². The number of carbonyl (C=O) groups excluding carboxylic acids is 1. The minimum atomic E-state index is 0.167. The topological polar surface area (TPSA) is 58.6 Å². The van der Waals surface area contributed by atoms with Crippen molar-refractivity contribution in [3.05, 3.63) is 52.5 Å². The van der Waals surface area contributed by atoms with Gasteiger partial charge >= 0.3 is 0 Å². The third-order valence-corrected chi connectivity index (χ3v) is 5.49. The van der Waals surface area contributed by atoms with Crippen molar-refractivity contribution >= 4 is 11.7 Å². The number of hydrogen-bond acceptors (Lipinski definition) is 5. The van der Waals surface area contributed by atoms with E-state index >= 15 is 0 Å². The summed E-state index contributed by atoms with van der Waals surface area (Å²) in [6.07, 6.45) is 2.88. The van der Waals surface area contributed by atoms with E-state index in [0.29, 0.717) is 13.0 Å². The van der Waals surface area contributed by atoms with E-state index in [9.17, 15) is 4.79 Å². The predicted octanol–water partition coefficient (Wildman–Crippen LogP) is 2.06. The van der Waals surface area contributed by atoms with Gasteiger partial charge in [0.15, 0.2) is 0 Å². The van der Waals surface area contributed by atoms with Crippen LogP contribution in [0, 0.1) is 13.8 Å². The highest BCUT2D eigenvalue weighted by Crippen LogP contribution is 2.26. The number of rotatable bonds is 3. The Morgan fingerprint density at radius 2 is 1.96 bits per heavy atom. The van der Waals surface area contributed by atoms with Gasteiger partial charge in [-0.3, -0.25) is 4.79 Å². The maximum absolute atomic E-state index is 12.9. The summed E-state index contributed by atoms with van der Waals surface area (Å²) in [6.45, 7) is 8.61. The number of benzene rings is 1. The van der Waals surface area contributed by atoms with Crippen molar-refractivity contribution in [1.82, 2.24) is 14.9 Å². The molecule has 6 nitrogen and oxygen atoms in total. The average Bonchev–Trinajstić information content (AvgIpc) is 2.70. The summed E-state index contributed by atoms with van der Waals surface area (Å²) in [7, 11) is 0. The summed E-state index contributed by atoms with van der Waals surface area (Å²) < 4.78 is 5.45. The number of amides is 1. The van der Waals surface area contributed by atoms with E-state index in [4.69, 9.17) is 4.74 Å². The molecule has 1 saturated heterocycles. The average molecular weight is 366 g/mol. The molecule has 2 aliphatic heterocycles. The molecule has 3 heterocycles. The molecule has 142 valence electrons. The number of hydrogen-bond donors (Lipinski definition) is 0. The summed E-state index contributed by atoms with van der Waals surface area (Å²) in [5, 5.41) is 0. The third kappa shape index (κ3) is 3.81. The highest BCUT2D eigenvalue weighted by Gasteiger charge is 2.26. The lowest BCUT2D eigenvalue weighted by atomic mass is 10.0. The van der Waals surface area contributed by atoms with Crippen molar-refractivity contribution in [3.8, 4) is 0 Å². The molecule has 2 aliphatic rings. The molecule has 2 aromatic rings. The maximum atomic E-state index is 12.9. The van der Waals surface area contributed by atoms with Gasteiger partial charge in [0.1, 0.15) is 12.1 Å². The Balaban J connectivity index is 1.49. The number of morpholine rings is 1. The first-order valence-electron chi connectivity index (χ1n) is 9.61. The SMILES string of the molecule is Cc1ccc(C)c(CC(=O)N2CCc3c(ncnc3N3CCOCC3)C2)c1. The lowest BCUT2D eigenvalue weighted by Crippen LogP contribution is -2.41. The van der Waals surface area contributed by atoms with E-state index in [1.165, 1.54) is 16.7 Å². The van der Waals surface area contributed by atoms with Crippen LogP contribution < -0.4 is 4.90 Å². The first-order valence-corrected chi connectivity index (χ1v) is 9.61. The van der Waals surface area contributed by atoms with Crippen molar-refractivity contribution in [3.63, 3.8) is 0 Å². The first kappa shape index (κ1) is 17.9. The lowest BCUT2D eigenvalue weighted by molar-refractivity contribution is -0.131. The van der Waals surface area contributed by atoms with Crippen LogP contribution in [0.4, 0.5) is 5.82 Å². The molecule has 0 spiro atoms. The van der Waals surface area contributed by atoms with Crippen LogP contribution in [-0.4, -0.2) is 53.6 Å². The number of carbonyl (C=O) groups is 1. The largest absolute Gasteiger partial charge is 0.378 e. The normalized spacial score (nSPS) is 17.0. The second-order valence-electron chi connectivity index (χ2n) is 7.39. The van der Waals surface area contributed by atoms with Crippen LogP contribution in [0.15, 0.2) is 24.5 Å². The summed E-state index contributed by atoms with van der Waals surface area (Å²) >= 11 is 0. The van der Waals surface area contributed by atoms with Crippen molar-refractivity contribution in [2.75, 3.05) is 37.7 Å². The van der Waals surface area contributed by atoms with Crippen molar-refractivity contribution in [1.29, 1.82) is 0 Å². The van der Waals surface area contributed by atoms with Crippen LogP contribution in [0.1, 0.15) is 27.9 Å². The van der Waals surface area contributed by atoms with Crippen LogP contribution >= 0.6 is 0 Å². The Morgan fingerprint density at radius 1 is 1.15 bits per heavy atom. The van der Waals surface area contributed by atoms with E-state index < -0.39 is 0 Å². The van der Waals surface area contributed by atoms with Crippen LogP contribution in [0.25, 0.3) is 0 Å². The zero-order valence-electron chi connectivity index (χ0n) is 16.1. The molecule has 1 aromatic heterocycles. The highest BCUT2D eigenvalue weighted by molar-refractivity contribution is 5.79. The van der Waals surface area contributed by atoms with Crippen molar-refractivity contribution in [2.24, 2.45) is 0 Å². The molecule has 1 amide bonds. The second kappa shape index (κ2) is 7.64. The van der Waals surface area contributed by atoms with E-state index in [1.807, 2.05) is 4.90 Å². The Morgan fingerprint density at radius 3 is 2.78 bits per heavy atom. The molecule has 0 saturated carbocycles. The second-order valence-corrected chi connectivity index (χ2v) is 7.39. The molecule has 0 unspecified atom stereocenters. The minimum Gasteiger partial charge on any atom is -0.378 e. The van der Waals surface area contributed by atoms with Crippen molar-refractivity contribution < 1.29 is 9.53 Å². The molecule has 0 N–H and O–H groups in total. The smallest absolute Gasteiger partial charge is 0.227 e. The van der Waals surface area contributed by atoms with Gasteiger partial charge in [-0.05, 0) is 31.4 Å². The van der Waals surface area contributed by atoms with E-state index in [2.05, 4.69) is 46.9 Å². The zero-order valence-corrected chi connectivity index (χ0v) is 16.1. The number of fused-ring (bicyclic) bond motifs is 1. The Labute approximate surface area is 160 Å². The summed E-state index contributed by atoms with van der Waals surface area (Å²) in [5.74, 6) is 1.19. The van der Waals surface area contributed by atoms with Gasteiger partial charge in [-0.1, -0.05) is 23.8 Å². The van der Waals surface area contributed by atoms with Gasteiger partial charge in [0, 0.05) is 25.2 Å². The molecular formula is C21H26N4O2. The van der Waals surface area contributed by atoms with Gasteiger partial charge in [-0.15, -0.1) is 0 Å². The van der Waals surface area contributed by atoms with Crippen LogP contribution in [0.3, 0.4) is 0 Å². The van der Waals surface area contributed by atoms with E-state index in [1.54, 1.807) is 6.33 Å². The van der Waals surface area contributed by atoms with E-state index in [-0.39, 0.29) is 5.91 Å². The standard InChI is InChI=1S/C21H26N4O2/c1-15-3-4-16(2)17(11-15)12-20(26)25-6-5-18-19(13-25)22-14-23-21(18)24-7-9-27-10-8-24/h3-4,11,14H,5-10,12-13H2,1-2H3. The number of ether oxygens (including phenoxy) is 1. The third-order valence-electron chi connectivity index (χ3n) is 5.49. The molecule has 4 rings (SSSR count). The number of aryl methyl sites for hydroxylation is 2. The summed E-state index contributed by atoms with van der Waals surface area (Å²) in [6, 6.07) is 6.29. The van der Waals surface area contributed by atoms with Crippen LogP contribution in [0.2, 0.25) is 0 Å². The molecule has 6 heteroatoms. The lowest BCUT2D eigenvalue weighted by Gasteiger charge is -2.33. The first-order chi connectivity index (χ1) is 13.1. The van der Waals surface area contributed by atoms with Gasteiger partial charge in [0.05, 0.1) is 31.9 Å². The quantitative estimate of drug-likeness (QED) is 0.832. The Hall–Kier alpha value is -2.47. The van der Waals surface area contributed by atoms with Crippen molar-refractivity contribution in [2.45, 2.75) is 33.2 Å². The fourth-order valence-corrected chi connectivity index (χ4v) is 3.86. The predicted molar refractivity (Wildman–Crippen MR) is 104 cm³/mol. The van der Waals surface area contributed by atoms with Gasteiger partial charge < -0.3 is 14.5 Å². The molecule has 0 radical (unpaired) electrons. The van der Waals surface area contributed by atoms with Gasteiger partial charge in [0.2, 0.25) is 5.91 Å². The number of anilines is 1. The van der Waals surface area contributed by atoms with Gasteiger partial charge in [-0.25, -0.2) is 9.97 Å². The fourth-order valence-electron chi connectivity index (χ4n) is 3.86. The van der Waals surface area contributed by atoms with Crippen LogP contribution in [-0.2, 0) is 28.9 Å². The molecule has 0 aliphatic carbocycles. The summed E-state index contributed by atoms with van der Waals surface area (Å²) in [5.41, 5.74) is 5.64. The van der Waals surface area contributed by atoms with Gasteiger partial charge in [-0.2, -0.15) is 0 Å². The molecule has 1 fully saturated rings. The highest BCUT2D eigenvalue weighted by atomic mass is 16.5. The zero-order chi connectivity index (χ0) is 18.8. The number of aromatic nitrogens is 2. The number of nitrogens with zero attached hydrogens (tertiary/aromatic N) is 4. The molecule has 1 aromatic carbocycles. The summed E-state index contributed by atoms with van der Waals surface area (Å²) in [4.78, 5) is 26.1. The molecule has 27 heavy (non-hydrogen) atoms. The fraction of sp³-hybridized carbons (Fsp3) is 0.476. The molecule has 0 bridgehead atoms. The Kier molecular flexibility index (Phi) is 5.07. The van der Waals surface area contributed by atoms with E-state index in [0.717, 1.165) is 56.3 Å². The Bertz CT molecular complexity index is 846.